The van der Waals surface area contributed by atoms with Crippen LogP contribution in [-0.2, 0) is 16.6 Å². The molecule has 0 spiro atoms. The first-order valence-corrected chi connectivity index (χ1v) is 9.86. The van der Waals surface area contributed by atoms with E-state index in [4.69, 9.17) is 0 Å². The van der Waals surface area contributed by atoms with Crippen molar-refractivity contribution in [3.63, 3.8) is 0 Å². The van der Waals surface area contributed by atoms with Crippen molar-refractivity contribution in [2.24, 2.45) is 0 Å². The van der Waals surface area contributed by atoms with E-state index in [9.17, 15) is 17.6 Å². The second-order valence-electron chi connectivity index (χ2n) is 6.25. The molecule has 0 aliphatic carbocycles. The monoisotopic (exact) mass is 364 g/mol. The molecule has 0 N–H and O–H groups in total. The highest BCUT2D eigenvalue weighted by Gasteiger charge is 2.28. The van der Waals surface area contributed by atoms with Gasteiger partial charge < -0.3 is 4.57 Å². The summed E-state index contributed by atoms with van der Waals surface area (Å²) in [4.78, 5) is 12.5. The molecule has 1 fully saturated rings. The van der Waals surface area contributed by atoms with Gasteiger partial charge in [-0.3, -0.25) is 4.79 Å². The van der Waals surface area contributed by atoms with Gasteiger partial charge in [-0.25, -0.2) is 12.8 Å². The molecule has 7 heteroatoms. The fourth-order valence-corrected chi connectivity index (χ4v) is 4.69. The number of aromatic nitrogens is 1. The van der Waals surface area contributed by atoms with Crippen LogP contribution < -0.4 is 5.56 Å². The molecule has 1 aromatic carbocycles. The molecule has 1 saturated heterocycles. The van der Waals surface area contributed by atoms with E-state index in [1.807, 2.05) is 0 Å². The highest BCUT2D eigenvalue weighted by molar-refractivity contribution is 7.89. The van der Waals surface area contributed by atoms with E-state index in [-0.39, 0.29) is 17.3 Å². The maximum Gasteiger partial charge on any atom is 0.271 e. The highest BCUT2D eigenvalue weighted by Crippen LogP contribution is 2.18. The number of hydrogen-bond acceptors (Lipinski definition) is 3. The van der Waals surface area contributed by atoms with Gasteiger partial charge in [-0.15, -0.1) is 0 Å². The second kappa shape index (κ2) is 7.49. The van der Waals surface area contributed by atoms with Crippen LogP contribution in [-0.4, -0.2) is 30.4 Å². The lowest BCUT2D eigenvalue weighted by Gasteiger charge is -2.20. The molecule has 1 aliphatic heterocycles. The van der Waals surface area contributed by atoms with Crippen molar-refractivity contribution < 1.29 is 12.8 Å². The zero-order valence-corrected chi connectivity index (χ0v) is 14.7. The van der Waals surface area contributed by atoms with Crippen LogP contribution in [0, 0.1) is 5.82 Å². The smallest absolute Gasteiger partial charge is 0.271 e. The molecule has 0 bridgehead atoms. The van der Waals surface area contributed by atoms with Crippen LogP contribution in [0.5, 0.6) is 0 Å². The van der Waals surface area contributed by atoms with Gasteiger partial charge in [0.15, 0.2) is 0 Å². The Morgan fingerprint density at radius 1 is 1.00 bits per heavy atom. The molecule has 3 rings (SSSR count). The van der Waals surface area contributed by atoms with Crippen molar-refractivity contribution in [2.75, 3.05) is 13.1 Å². The van der Waals surface area contributed by atoms with Crippen LogP contribution in [0.3, 0.4) is 0 Å². The molecule has 0 unspecified atom stereocenters. The van der Waals surface area contributed by atoms with Gasteiger partial charge in [-0.1, -0.05) is 25.0 Å². The van der Waals surface area contributed by atoms with Crippen molar-refractivity contribution in [1.29, 1.82) is 0 Å². The summed E-state index contributed by atoms with van der Waals surface area (Å²) in [7, 11) is -3.81. The maximum atomic E-state index is 13.3. The molecule has 1 aromatic heterocycles. The number of halogens is 1. The van der Waals surface area contributed by atoms with Crippen LogP contribution >= 0.6 is 0 Å². The Labute approximate surface area is 146 Å². The Morgan fingerprint density at radius 3 is 2.40 bits per heavy atom. The number of rotatable bonds is 4. The number of hydrogen-bond donors (Lipinski definition) is 0. The van der Waals surface area contributed by atoms with Crippen molar-refractivity contribution in [2.45, 2.75) is 37.1 Å². The molecule has 5 nitrogen and oxygen atoms in total. The van der Waals surface area contributed by atoms with Crippen LogP contribution in [0.2, 0.25) is 0 Å². The van der Waals surface area contributed by atoms with Crippen LogP contribution in [0.4, 0.5) is 4.39 Å². The molecular weight excluding hydrogens is 343 g/mol. The molecule has 0 radical (unpaired) electrons. The van der Waals surface area contributed by atoms with Crippen molar-refractivity contribution >= 4 is 10.0 Å². The average Bonchev–Trinajstić information content (AvgIpc) is 2.86. The molecule has 134 valence electrons. The van der Waals surface area contributed by atoms with E-state index in [1.165, 1.54) is 33.3 Å². The summed E-state index contributed by atoms with van der Waals surface area (Å²) in [6.07, 6.45) is 5.15. The number of benzene rings is 1. The van der Waals surface area contributed by atoms with E-state index in [0.29, 0.717) is 18.7 Å². The van der Waals surface area contributed by atoms with E-state index in [2.05, 4.69) is 0 Å². The summed E-state index contributed by atoms with van der Waals surface area (Å²) in [5, 5.41) is 0. The first-order chi connectivity index (χ1) is 12.0. The lowest BCUT2D eigenvalue weighted by molar-refractivity contribution is 0.422. The predicted octanol–water partition coefficient (Wildman–Crippen LogP) is 2.60. The number of sulfonamides is 1. The molecule has 0 amide bonds. The minimum Gasteiger partial charge on any atom is -0.310 e. The number of pyridine rings is 1. The Kier molecular flexibility index (Phi) is 5.34. The van der Waals surface area contributed by atoms with E-state index >= 15 is 0 Å². The molecular formula is C18H21FN2O3S. The molecule has 0 saturated carbocycles. The highest BCUT2D eigenvalue weighted by atomic mass is 32.2. The molecule has 2 heterocycles. The van der Waals surface area contributed by atoms with Crippen molar-refractivity contribution in [1.82, 2.24) is 8.87 Å². The van der Waals surface area contributed by atoms with Crippen molar-refractivity contribution in [3.8, 4) is 0 Å². The standard InChI is InChI=1S/C18H21FN2O3S/c19-16-8-5-7-15(13-16)14-20-10-6-9-17(18(20)22)25(23,24)21-11-3-1-2-4-12-21/h5-10,13H,1-4,11-12,14H2. The zero-order valence-electron chi connectivity index (χ0n) is 13.9. The van der Waals surface area contributed by atoms with Gasteiger partial charge in [-0.05, 0) is 42.7 Å². The Bertz CT molecular complexity index is 901. The summed E-state index contributed by atoms with van der Waals surface area (Å²) in [6, 6.07) is 8.82. The van der Waals surface area contributed by atoms with Gasteiger partial charge in [-0.2, -0.15) is 4.31 Å². The minimum atomic E-state index is -3.81. The van der Waals surface area contributed by atoms with E-state index in [0.717, 1.165) is 25.7 Å². The minimum absolute atomic E-state index is 0.125. The summed E-state index contributed by atoms with van der Waals surface area (Å²) in [6.45, 7) is 1.01. The SMILES string of the molecule is O=c1c(S(=O)(=O)N2CCCCCC2)cccn1Cc1cccc(F)c1. The van der Waals surface area contributed by atoms with Crippen LogP contribution in [0.25, 0.3) is 0 Å². The lowest BCUT2D eigenvalue weighted by atomic mass is 10.2. The summed E-state index contributed by atoms with van der Waals surface area (Å²) < 4.78 is 41.8. The van der Waals surface area contributed by atoms with Crippen molar-refractivity contribution in [3.05, 3.63) is 64.3 Å². The fourth-order valence-electron chi connectivity index (χ4n) is 3.09. The quantitative estimate of drug-likeness (QED) is 0.838. The van der Waals surface area contributed by atoms with Gasteiger partial charge in [0.05, 0.1) is 6.54 Å². The van der Waals surface area contributed by atoms with Gasteiger partial charge in [0.2, 0.25) is 10.0 Å². The van der Waals surface area contributed by atoms with E-state index in [1.54, 1.807) is 18.2 Å². The predicted molar refractivity (Wildman–Crippen MR) is 93.4 cm³/mol. The lowest BCUT2D eigenvalue weighted by Crippen LogP contribution is -2.37. The van der Waals surface area contributed by atoms with Gasteiger partial charge in [0, 0.05) is 19.3 Å². The topological polar surface area (TPSA) is 59.4 Å². The largest absolute Gasteiger partial charge is 0.310 e. The normalized spacial score (nSPS) is 16.5. The van der Waals surface area contributed by atoms with Crippen LogP contribution in [0.1, 0.15) is 31.2 Å². The molecule has 0 atom stereocenters. The Morgan fingerprint density at radius 2 is 1.72 bits per heavy atom. The average molecular weight is 364 g/mol. The summed E-state index contributed by atoms with van der Waals surface area (Å²) in [5.41, 5.74) is 0.0300. The van der Waals surface area contributed by atoms with Gasteiger partial charge in [0.1, 0.15) is 10.7 Å². The van der Waals surface area contributed by atoms with Crippen LogP contribution in [0.15, 0.2) is 52.3 Å². The third kappa shape index (κ3) is 3.99. The maximum absolute atomic E-state index is 13.3. The molecule has 25 heavy (non-hydrogen) atoms. The fraction of sp³-hybridized carbons (Fsp3) is 0.389. The summed E-state index contributed by atoms with van der Waals surface area (Å²) >= 11 is 0. The third-order valence-corrected chi connectivity index (χ3v) is 6.32. The first kappa shape index (κ1) is 17.8. The Balaban J connectivity index is 1.94. The first-order valence-electron chi connectivity index (χ1n) is 8.42. The molecule has 1 aliphatic rings. The summed E-state index contributed by atoms with van der Waals surface area (Å²) in [5.74, 6) is -0.390. The third-order valence-electron chi connectivity index (χ3n) is 4.41. The van der Waals surface area contributed by atoms with Gasteiger partial charge >= 0.3 is 0 Å². The van der Waals surface area contributed by atoms with E-state index < -0.39 is 15.6 Å². The zero-order chi connectivity index (χ0) is 17.9. The second-order valence-corrected chi connectivity index (χ2v) is 8.16. The Hall–Kier alpha value is -1.99. The molecule has 2 aromatic rings. The number of nitrogens with zero attached hydrogens (tertiary/aromatic N) is 2. The van der Waals surface area contributed by atoms with Gasteiger partial charge in [0.25, 0.3) is 5.56 Å².